The number of aryl methyl sites for hydroxylation is 1. The lowest BCUT2D eigenvalue weighted by Crippen LogP contribution is -2.49. The molecule has 0 saturated carbocycles. The van der Waals surface area contributed by atoms with Gasteiger partial charge in [-0.3, -0.25) is 4.90 Å². The molecule has 0 aliphatic carbocycles. The third kappa shape index (κ3) is 4.20. The van der Waals surface area contributed by atoms with E-state index in [1.807, 2.05) is 56.3 Å². The molecule has 2 aromatic carbocycles. The second-order valence-electron chi connectivity index (χ2n) is 7.37. The largest absolute Gasteiger partial charge is 0.337 e. The molecular formula is C21H23BrN4O3S. The maximum Gasteiger partial charge on any atom is 0.244 e. The summed E-state index contributed by atoms with van der Waals surface area (Å²) >= 11 is 3.39. The molecule has 1 atom stereocenters. The summed E-state index contributed by atoms with van der Waals surface area (Å²) in [7, 11) is -3.55. The lowest BCUT2D eigenvalue weighted by atomic mass is 10.2. The van der Waals surface area contributed by atoms with Gasteiger partial charge in [-0.05, 0) is 47.5 Å². The third-order valence-electron chi connectivity index (χ3n) is 5.36. The van der Waals surface area contributed by atoms with Gasteiger partial charge in [0, 0.05) is 36.2 Å². The van der Waals surface area contributed by atoms with Gasteiger partial charge in [0.1, 0.15) is 0 Å². The molecule has 1 saturated heterocycles. The fourth-order valence-electron chi connectivity index (χ4n) is 3.55. The fourth-order valence-corrected chi connectivity index (χ4v) is 6.13. The van der Waals surface area contributed by atoms with Gasteiger partial charge in [0.15, 0.2) is 0 Å². The molecule has 30 heavy (non-hydrogen) atoms. The van der Waals surface area contributed by atoms with Crippen molar-refractivity contribution in [3.05, 3.63) is 64.5 Å². The smallest absolute Gasteiger partial charge is 0.244 e. The zero-order chi connectivity index (χ0) is 21.3. The Balaban J connectivity index is 1.44. The second-order valence-corrected chi connectivity index (χ2v) is 10.1. The van der Waals surface area contributed by atoms with Gasteiger partial charge in [-0.15, -0.1) is 0 Å². The predicted molar refractivity (Wildman–Crippen MR) is 117 cm³/mol. The van der Waals surface area contributed by atoms with E-state index in [9.17, 15) is 8.42 Å². The van der Waals surface area contributed by atoms with Gasteiger partial charge in [0.2, 0.25) is 21.7 Å². The molecule has 1 aliphatic rings. The summed E-state index contributed by atoms with van der Waals surface area (Å²) in [6.45, 7) is 5.93. The lowest BCUT2D eigenvalue weighted by Gasteiger charge is -2.36. The molecule has 158 valence electrons. The zero-order valence-corrected chi connectivity index (χ0v) is 19.2. The van der Waals surface area contributed by atoms with E-state index in [1.54, 1.807) is 6.07 Å². The second kappa shape index (κ2) is 8.58. The van der Waals surface area contributed by atoms with Crippen molar-refractivity contribution in [2.75, 3.05) is 26.2 Å². The molecule has 0 amide bonds. The van der Waals surface area contributed by atoms with Gasteiger partial charge >= 0.3 is 0 Å². The summed E-state index contributed by atoms with van der Waals surface area (Å²) in [6, 6.07) is 14.9. The molecule has 0 bridgehead atoms. The maximum absolute atomic E-state index is 13.1. The van der Waals surface area contributed by atoms with Crippen LogP contribution in [0.4, 0.5) is 0 Å². The first kappa shape index (κ1) is 21.2. The minimum absolute atomic E-state index is 0.0917. The number of piperazine rings is 1. The SMILES string of the molecule is Cc1ccc(S(=O)(=O)N2CCN(C(C)c3nc(-c4ccccc4)no3)CC2)c(Br)c1. The monoisotopic (exact) mass is 490 g/mol. The molecule has 1 fully saturated rings. The van der Waals surface area contributed by atoms with Crippen molar-refractivity contribution in [3.63, 3.8) is 0 Å². The number of rotatable bonds is 5. The number of hydrogen-bond acceptors (Lipinski definition) is 6. The Labute approximate surface area is 184 Å². The van der Waals surface area contributed by atoms with E-state index in [4.69, 9.17) is 4.52 Å². The van der Waals surface area contributed by atoms with Crippen molar-refractivity contribution in [1.29, 1.82) is 0 Å². The number of hydrogen-bond donors (Lipinski definition) is 0. The maximum atomic E-state index is 13.1. The van der Waals surface area contributed by atoms with Gasteiger partial charge in [0.05, 0.1) is 10.9 Å². The number of sulfonamides is 1. The van der Waals surface area contributed by atoms with E-state index in [1.165, 1.54) is 4.31 Å². The normalized spacial score (nSPS) is 17.2. The average Bonchev–Trinajstić information content (AvgIpc) is 3.24. The van der Waals surface area contributed by atoms with E-state index < -0.39 is 10.0 Å². The van der Waals surface area contributed by atoms with Crippen LogP contribution in [0.2, 0.25) is 0 Å². The van der Waals surface area contributed by atoms with Crippen LogP contribution in [0.15, 0.2) is 62.4 Å². The van der Waals surface area contributed by atoms with E-state index in [-0.39, 0.29) is 6.04 Å². The molecular weight excluding hydrogens is 468 g/mol. The molecule has 0 spiro atoms. The van der Waals surface area contributed by atoms with Gasteiger partial charge in [-0.25, -0.2) is 8.42 Å². The topological polar surface area (TPSA) is 79.5 Å². The van der Waals surface area contributed by atoms with Crippen LogP contribution in [0.25, 0.3) is 11.4 Å². The highest BCUT2D eigenvalue weighted by Crippen LogP contribution is 2.28. The number of benzene rings is 2. The molecule has 0 radical (unpaired) electrons. The van der Waals surface area contributed by atoms with Crippen LogP contribution in [-0.4, -0.2) is 53.9 Å². The Morgan fingerprint density at radius 2 is 1.77 bits per heavy atom. The molecule has 4 rings (SSSR count). The van der Waals surface area contributed by atoms with Crippen molar-refractivity contribution in [2.24, 2.45) is 0 Å². The Morgan fingerprint density at radius 1 is 1.07 bits per heavy atom. The minimum Gasteiger partial charge on any atom is -0.337 e. The molecule has 0 N–H and O–H groups in total. The van der Waals surface area contributed by atoms with E-state index in [0.717, 1.165) is 11.1 Å². The van der Waals surface area contributed by atoms with E-state index in [0.29, 0.717) is 47.3 Å². The van der Waals surface area contributed by atoms with Crippen LogP contribution in [0.1, 0.15) is 24.4 Å². The standard InChI is InChI=1S/C21H23BrN4O3S/c1-15-8-9-19(18(22)14-15)30(27,28)26-12-10-25(11-13-26)16(2)21-23-20(24-29-21)17-6-4-3-5-7-17/h3-9,14,16H,10-13H2,1-2H3. The Hall–Kier alpha value is -2.07. The van der Waals surface area contributed by atoms with Crippen molar-refractivity contribution < 1.29 is 12.9 Å². The van der Waals surface area contributed by atoms with Gasteiger partial charge in [-0.1, -0.05) is 41.6 Å². The summed E-state index contributed by atoms with van der Waals surface area (Å²) < 4.78 is 33.7. The van der Waals surface area contributed by atoms with Crippen LogP contribution in [-0.2, 0) is 10.0 Å². The zero-order valence-electron chi connectivity index (χ0n) is 16.8. The summed E-state index contributed by atoms with van der Waals surface area (Å²) in [4.78, 5) is 7.00. The van der Waals surface area contributed by atoms with E-state index >= 15 is 0 Å². The number of aromatic nitrogens is 2. The number of halogens is 1. The first-order chi connectivity index (χ1) is 14.4. The summed E-state index contributed by atoms with van der Waals surface area (Å²) in [5.74, 6) is 1.09. The molecule has 1 unspecified atom stereocenters. The quantitative estimate of drug-likeness (QED) is 0.539. The van der Waals surface area contributed by atoms with Gasteiger partial charge in [0.25, 0.3) is 0 Å². The fraction of sp³-hybridized carbons (Fsp3) is 0.333. The van der Waals surface area contributed by atoms with Gasteiger partial charge < -0.3 is 4.52 Å². The highest BCUT2D eigenvalue weighted by molar-refractivity contribution is 9.10. The molecule has 1 aromatic heterocycles. The Bertz CT molecular complexity index is 1130. The van der Waals surface area contributed by atoms with Gasteiger partial charge in [-0.2, -0.15) is 9.29 Å². The summed E-state index contributed by atoms with van der Waals surface area (Å²) in [5.41, 5.74) is 1.91. The Kier molecular flexibility index (Phi) is 6.06. The lowest BCUT2D eigenvalue weighted by molar-refractivity contribution is 0.124. The molecule has 2 heterocycles. The first-order valence-electron chi connectivity index (χ1n) is 9.75. The summed E-state index contributed by atoms with van der Waals surface area (Å²) in [5, 5.41) is 4.09. The molecule has 9 heteroatoms. The highest BCUT2D eigenvalue weighted by Gasteiger charge is 2.32. The van der Waals surface area contributed by atoms with Crippen LogP contribution < -0.4 is 0 Å². The van der Waals surface area contributed by atoms with Crippen LogP contribution in [0.5, 0.6) is 0 Å². The first-order valence-corrected chi connectivity index (χ1v) is 12.0. The van der Waals surface area contributed by atoms with Crippen molar-refractivity contribution in [2.45, 2.75) is 24.8 Å². The highest BCUT2D eigenvalue weighted by atomic mass is 79.9. The van der Waals surface area contributed by atoms with Crippen LogP contribution >= 0.6 is 15.9 Å². The van der Waals surface area contributed by atoms with Crippen molar-refractivity contribution in [1.82, 2.24) is 19.3 Å². The van der Waals surface area contributed by atoms with Crippen LogP contribution in [0.3, 0.4) is 0 Å². The van der Waals surface area contributed by atoms with Crippen molar-refractivity contribution in [3.8, 4) is 11.4 Å². The molecule has 7 nitrogen and oxygen atoms in total. The Morgan fingerprint density at radius 3 is 2.43 bits per heavy atom. The van der Waals surface area contributed by atoms with Crippen LogP contribution in [0, 0.1) is 6.92 Å². The molecule has 3 aromatic rings. The predicted octanol–water partition coefficient (Wildman–Crippen LogP) is 3.88. The van der Waals surface area contributed by atoms with Crippen molar-refractivity contribution >= 4 is 26.0 Å². The average molecular weight is 491 g/mol. The minimum atomic E-state index is -3.55. The molecule has 1 aliphatic heterocycles. The summed E-state index contributed by atoms with van der Waals surface area (Å²) in [6.07, 6.45) is 0. The third-order valence-corrected chi connectivity index (χ3v) is 8.23. The van der Waals surface area contributed by atoms with E-state index in [2.05, 4.69) is 31.0 Å². The number of nitrogens with zero attached hydrogens (tertiary/aromatic N) is 4.